The van der Waals surface area contributed by atoms with E-state index in [0.29, 0.717) is 0 Å². The van der Waals surface area contributed by atoms with Gasteiger partial charge in [0.05, 0.1) is 5.41 Å². The first kappa shape index (κ1) is 42.9. The molecule has 0 aliphatic heterocycles. The Morgan fingerprint density at radius 2 is 0.932 bits per heavy atom. The quantitative estimate of drug-likeness (QED) is 0.148. The average molecular weight is 948 g/mol. The van der Waals surface area contributed by atoms with Crippen LogP contribution >= 0.6 is 0 Å². The molecule has 11 aromatic rings. The molecule has 0 radical (unpaired) electrons. The lowest BCUT2D eigenvalue weighted by atomic mass is 9.69. The van der Waals surface area contributed by atoms with E-state index in [9.17, 15) is 0 Å². The van der Waals surface area contributed by atoms with Gasteiger partial charge in [0, 0.05) is 44.4 Å². The number of para-hydroxylation sites is 2. The van der Waals surface area contributed by atoms with Crippen LogP contribution < -0.4 is 4.90 Å². The molecule has 0 amide bonds. The molecule has 1 spiro atoms. The van der Waals surface area contributed by atoms with E-state index in [-0.39, 0.29) is 10.8 Å². The SMILES string of the molecule is CC1(C)c2ccccc2-c2ccc(C=C(Cc3ccccc3)c3cccc4c3-c3oc5ccccc5c3C43c4ccccc4-c4ccc(N(c5ccccc5)c5ccc6c(c5)C(C)(C)c5ccccc5-6)cc43)cc21. The van der Waals surface area contributed by atoms with Crippen molar-refractivity contribution in [3.8, 4) is 44.7 Å². The smallest absolute Gasteiger partial charge is 0.141 e. The number of hydrogen-bond donors (Lipinski definition) is 0. The van der Waals surface area contributed by atoms with Gasteiger partial charge in [-0.15, -0.1) is 0 Å². The van der Waals surface area contributed by atoms with E-state index in [1.54, 1.807) is 0 Å². The predicted octanol–water partition coefficient (Wildman–Crippen LogP) is 18.6. The minimum absolute atomic E-state index is 0.111. The van der Waals surface area contributed by atoms with Gasteiger partial charge in [0.1, 0.15) is 11.3 Å². The Kier molecular flexibility index (Phi) is 9.07. The fourth-order valence-corrected chi connectivity index (χ4v) is 14.0. The van der Waals surface area contributed by atoms with Crippen LogP contribution in [0.25, 0.3) is 67.3 Å². The average Bonchev–Trinajstić information content (AvgIpc) is 4.37. The Balaban J connectivity index is 0.970. The highest BCUT2D eigenvalue weighted by atomic mass is 16.3. The predicted molar refractivity (Wildman–Crippen MR) is 307 cm³/mol. The summed E-state index contributed by atoms with van der Waals surface area (Å²) in [6.45, 7) is 9.48. The third-order valence-electron chi connectivity index (χ3n) is 17.3. The molecule has 0 fully saturated rings. The van der Waals surface area contributed by atoms with Crippen molar-refractivity contribution in [3.05, 3.63) is 292 Å². The molecule has 2 heteroatoms. The first-order chi connectivity index (χ1) is 36.2. The van der Waals surface area contributed by atoms with Gasteiger partial charge in [-0.25, -0.2) is 0 Å². The zero-order valence-electron chi connectivity index (χ0n) is 42.1. The summed E-state index contributed by atoms with van der Waals surface area (Å²) < 4.78 is 7.34. The zero-order valence-corrected chi connectivity index (χ0v) is 42.1. The third kappa shape index (κ3) is 5.88. The number of nitrogens with zero attached hydrogens (tertiary/aromatic N) is 1. The Morgan fingerprint density at radius 1 is 0.419 bits per heavy atom. The standard InChI is InChI=1S/C72H53NO/c1-70(2)59-29-15-11-24-52(59)55-37-34-46(42-63(55)70)41-47(40-45-20-7-5-8-21-45)51-28-19-32-62-67(51)69-68(58-27-14-18-33-66(58)74-69)72(62)61-31-17-13-26-54(61)57-39-36-50(44-65(57)72)73(48-22-9-6-10-23-48)49-35-38-56-53-25-12-16-30-60(53)71(3,4)64(56)43-49/h5-39,41-44H,40H2,1-4H3. The molecule has 1 heterocycles. The molecule has 15 rings (SSSR count). The van der Waals surface area contributed by atoms with Crippen LogP contribution in [0.2, 0.25) is 0 Å². The fourth-order valence-electron chi connectivity index (χ4n) is 14.0. The van der Waals surface area contributed by atoms with Crippen LogP contribution in [-0.2, 0) is 22.7 Å². The highest BCUT2D eigenvalue weighted by Gasteiger charge is 2.55. The number of anilines is 3. The lowest BCUT2D eigenvalue weighted by molar-refractivity contribution is 0.628. The summed E-state index contributed by atoms with van der Waals surface area (Å²) in [7, 11) is 0. The highest BCUT2D eigenvalue weighted by Crippen LogP contribution is 2.66. The van der Waals surface area contributed by atoms with Crippen molar-refractivity contribution in [1.82, 2.24) is 0 Å². The minimum Gasteiger partial charge on any atom is -0.456 e. The molecule has 74 heavy (non-hydrogen) atoms. The third-order valence-corrected chi connectivity index (χ3v) is 17.3. The van der Waals surface area contributed by atoms with Gasteiger partial charge in [0.15, 0.2) is 0 Å². The molecular weight excluding hydrogens is 895 g/mol. The summed E-state index contributed by atoms with van der Waals surface area (Å²) in [6, 6.07) is 86.1. The van der Waals surface area contributed by atoms with E-state index in [4.69, 9.17) is 4.42 Å². The molecule has 10 aromatic carbocycles. The lowest BCUT2D eigenvalue weighted by Gasteiger charge is -2.32. The van der Waals surface area contributed by atoms with Crippen LogP contribution in [0.5, 0.6) is 0 Å². The Bertz CT molecular complexity index is 4170. The topological polar surface area (TPSA) is 16.4 Å². The van der Waals surface area contributed by atoms with Gasteiger partial charge < -0.3 is 9.32 Å². The molecule has 1 aromatic heterocycles. The van der Waals surface area contributed by atoms with Crippen LogP contribution in [0.4, 0.5) is 17.1 Å². The van der Waals surface area contributed by atoms with Gasteiger partial charge >= 0.3 is 0 Å². The van der Waals surface area contributed by atoms with Crippen LogP contribution in [0, 0.1) is 0 Å². The molecule has 2 nitrogen and oxygen atoms in total. The number of furan rings is 1. The van der Waals surface area contributed by atoms with E-state index in [0.717, 1.165) is 40.2 Å². The maximum absolute atomic E-state index is 7.34. The maximum Gasteiger partial charge on any atom is 0.141 e. The van der Waals surface area contributed by atoms with Crippen LogP contribution in [0.15, 0.2) is 235 Å². The fraction of sp³-hybridized carbons (Fsp3) is 0.111. The molecular formula is C72H53NO. The molecule has 4 aliphatic carbocycles. The number of fused-ring (bicyclic) bond motifs is 18. The van der Waals surface area contributed by atoms with E-state index in [1.807, 2.05) is 0 Å². The van der Waals surface area contributed by atoms with Crippen molar-refractivity contribution in [2.75, 3.05) is 4.90 Å². The molecule has 0 N–H and O–H groups in total. The van der Waals surface area contributed by atoms with Crippen molar-refractivity contribution in [2.45, 2.75) is 50.4 Å². The van der Waals surface area contributed by atoms with Crippen molar-refractivity contribution in [3.63, 3.8) is 0 Å². The maximum atomic E-state index is 7.34. The van der Waals surface area contributed by atoms with E-state index < -0.39 is 5.41 Å². The second-order valence-corrected chi connectivity index (χ2v) is 21.9. The number of hydrogen-bond acceptors (Lipinski definition) is 2. The summed E-state index contributed by atoms with van der Waals surface area (Å²) in [5, 5.41) is 1.15. The Morgan fingerprint density at radius 3 is 1.62 bits per heavy atom. The first-order valence-electron chi connectivity index (χ1n) is 26.2. The van der Waals surface area contributed by atoms with Gasteiger partial charge in [0.25, 0.3) is 0 Å². The van der Waals surface area contributed by atoms with E-state index >= 15 is 0 Å². The summed E-state index contributed by atoms with van der Waals surface area (Å²) in [5.74, 6) is 0.953. The monoisotopic (exact) mass is 947 g/mol. The second kappa shape index (κ2) is 15.6. The summed E-state index contributed by atoms with van der Waals surface area (Å²) in [6.07, 6.45) is 3.21. The number of allylic oxidation sites excluding steroid dienone is 1. The van der Waals surface area contributed by atoms with Gasteiger partial charge in [0.2, 0.25) is 0 Å². The van der Waals surface area contributed by atoms with Crippen LogP contribution in [0.1, 0.15) is 88.9 Å². The molecule has 352 valence electrons. The zero-order chi connectivity index (χ0) is 49.5. The van der Waals surface area contributed by atoms with Crippen molar-refractivity contribution in [2.24, 2.45) is 0 Å². The van der Waals surface area contributed by atoms with Gasteiger partial charge in [-0.3, -0.25) is 0 Å². The van der Waals surface area contributed by atoms with Crippen molar-refractivity contribution < 1.29 is 4.42 Å². The van der Waals surface area contributed by atoms with Crippen molar-refractivity contribution in [1.29, 1.82) is 0 Å². The number of rotatable bonds is 7. The molecule has 0 bridgehead atoms. The lowest BCUT2D eigenvalue weighted by Crippen LogP contribution is -2.26. The largest absolute Gasteiger partial charge is 0.456 e. The van der Waals surface area contributed by atoms with Gasteiger partial charge in [-0.05, 0) is 143 Å². The molecule has 0 saturated carbocycles. The van der Waals surface area contributed by atoms with Gasteiger partial charge in [-0.2, -0.15) is 0 Å². The minimum atomic E-state index is -0.680. The normalized spacial score (nSPS) is 16.5. The molecule has 4 aliphatic rings. The molecule has 0 saturated heterocycles. The Hall–Kier alpha value is -8.72. The number of benzene rings is 10. The van der Waals surface area contributed by atoms with Crippen LogP contribution in [-0.4, -0.2) is 0 Å². The van der Waals surface area contributed by atoms with Crippen LogP contribution in [0.3, 0.4) is 0 Å². The molecule has 1 unspecified atom stereocenters. The highest BCUT2D eigenvalue weighted by molar-refractivity contribution is 6.06. The molecule has 1 atom stereocenters. The van der Waals surface area contributed by atoms with E-state index in [2.05, 4.69) is 269 Å². The van der Waals surface area contributed by atoms with Crippen molar-refractivity contribution >= 4 is 39.7 Å². The summed E-state index contributed by atoms with van der Waals surface area (Å²) >= 11 is 0. The van der Waals surface area contributed by atoms with E-state index in [1.165, 1.54) is 106 Å². The second-order valence-electron chi connectivity index (χ2n) is 21.9. The summed E-state index contributed by atoms with van der Waals surface area (Å²) in [4.78, 5) is 2.47. The Labute approximate surface area is 433 Å². The summed E-state index contributed by atoms with van der Waals surface area (Å²) in [5.41, 5.74) is 27.7. The van der Waals surface area contributed by atoms with Gasteiger partial charge in [-0.1, -0.05) is 222 Å². The first-order valence-corrected chi connectivity index (χ1v) is 26.2.